The van der Waals surface area contributed by atoms with Gasteiger partial charge in [-0.15, -0.1) is 0 Å². The summed E-state index contributed by atoms with van der Waals surface area (Å²) >= 11 is 0. The summed E-state index contributed by atoms with van der Waals surface area (Å²) in [4.78, 5) is 29.7. The molecule has 1 aliphatic heterocycles. The summed E-state index contributed by atoms with van der Waals surface area (Å²) in [7, 11) is 3.25. The predicted molar refractivity (Wildman–Crippen MR) is 79.4 cm³/mol. The van der Waals surface area contributed by atoms with Crippen molar-refractivity contribution in [2.24, 2.45) is 0 Å². The third-order valence-electron chi connectivity index (χ3n) is 4.29. The lowest BCUT2D eigenvalue weighted by atomic mass is 9.87. The second-order valence-corrected chi connectivity index (χ2v) is 5.66. The van der Waals surface area contributed by atoms with Crippen molar-refractivity contribution in [3.05, 3.63) is 17.8 Å². The molecular weight excluding hydrogens is 286 g/mol. The van der Waals surface area contributed by atoms with Crippen LogP contribution in [0.1, 0.15) is 41.9 Å². The monoisotopic (exact) mass is 309 g/mol. The Morgan fingerprint density at radius 1 is 1.55 bits per heavy atom. The van der Waals surface area contributed by atoms with Gasteiger partial charge >= 0.3 is 0 Å². The second-order valence-electron chi connectivity index (χ2n) is 5.66. The number of likely N-dealkylation sites (tertiary alicyclic amines) is 1. The SMILES string of the molecule is CNC(=O)CCC1(OC)CCCN(C(=O)c2ocnc2C)C1. The van der Waals surface area contributed by atoms with Crippen LogP contribution in [0.5, 0.6) is 0 Å². The minimum absolute atomic E-state index is 0.0223. The highest BCUT2D eigenvalue weighted by atomic mass is 16.5. The van der Waals surface area contributed by atoms with E-state index in [-0.39, 0.29) is 17.6 Å². The lowest BCUT2D eigenvalue weighted by molar-refractivity contribution is -0.123. The third-order valence-corrected chi connectivity index (χ3v) is 4.29. The molecule has 0 aromatic carbocycles. The third kappa shape index (κ3) is 3.47. The van der Waals surface area contributed by atoms with Gasteiger partial charge in [0.15, 0.2) is 6.39 Å². The van der Waals surface area contributed by atoms with Gasteiger partial charge in [-0.3, -0.25) is 9.59 Å². The molecule has 122 valence electrons. The zero-order chi connectivity index (χ0) is 16.2. The molecule has 1 atom stereocenters. The number of methoxy groups -OCH3 is 1. The van der Waals surface area contributed by atoms with Crippen LogP contribution in [0, 0.1) is 6.92 Å². The Balaban J connectivity index is 2.07. The zero-order valence-electron chi connectivity index (χ0n) is 13.3. The van der Waals surface area contributed by atoms with Gasteiger partial charge in [0, 0.05) is 27.1 Å². The van der Waals surface area contributed by atoms with Crippen LogP contribution in [0.4, 0.5) is 0 Å². The molecule has 7 nitrogen and oxygen atoms in total. The Morgan fingerprint density at radius 2 is 2.32 bits per heavy atom. The number of ether oxygens (including phenoxy) is 1. The molecular formula is C15H23N3O4. The van der Waals surface area contributed by atoms with Crippen LogP contribution in [0.3, 0.4) is 0 Å². The first kappa shape index (κ1) is 16.5. The molecule has 1 N–H and O–H groups in total. The number of rotatable bonds is 5. The summed E-state index contributed by atoms with van der Waals surface area (Å²) in [6.07, 6.45) is 3.91. The van der Waals surface area contributed by atoms with Gasteiger partial charge in [-0.2, -0.15) is 0 Å². The van der Waals surface area contributed by atoms with E-state index in [1.54, 1.807) is 26.0 Å². The number of oxazole rings is 1. The van der Waals surface area contributed by atoms with E-state index in [1.807, 2.05) is 0 Å². The highest BCUT2D eigenvalue weighted by molar-refractivity contribution is 5.92. The second kappa shape index (κ2) is 6.91. The van der Waals surface area contributed by atoms with Crippen molar-refractivity contribution in [3.8, 4) is 0 Å². The first-order valence-electron chi connectivity index (χ1n) is 7.46. The summed E-state index contributed by atoms with van der Waals surface area (Å²) in [5.74, 6) is 0.0835. The number of piperidine rings is 1. The minimum atomic E-state index is -0.478. The molecule has 0 bridgehead atoms. The lowest BCUT2D eigenvalue weighted by Gasteiger charge is -2.41. The lowest BCUT2D eigenvalue weighted by Crippen LogP contribution is -2.51. The van der Waals surface area contributed by atoms with Crippen molar-refractivity contribution in [3.63, 3.8) is 0 Å². The largest absolute Gasteiger partial charge is 0.438 e. The predicted octanol–water partition coefficient (Wildman–Crippen LogP) is 1.13. The van der Waals surface area contributed by atoms with Crippen molar-refractivity contribution in [1.82, 2.24) is 15.2 Å². The Kier molecular flexibility index (Phi) is 5.18. The van der Waals surface area contributed by atoms with Crippen LogP contribution in [-0.4, -0.2) is 54.5 Å². The van der Waals surface area contributed by atoms with Crippen molar-refractivity contribution >= 4 is 11.8 Å². The van der Waals surface area contributed by atoms with Crippen LogP contribution in [0.25, 0.3) is 0 Å². The van der Waals surface area contributed by atoms with Gasteiger partial charge in [0.2, 0.25) is 11.7 Å². The molecule has 2 rings (SSSR count). The number of carbonyl (C=O) groups excluding carboxylic acids is 2. The molecule has 22 heavy (non-hydrogen) atoms. The number of aryl methyl sites for hydroxylation is 1. The Bertz CT molecular complexity index is 543. The fraction of sp³-hybridized carbons (Fsp3) is 0.667. The Labute approximate surface area is 130 Å². The van der Waals surface area contributed by atoms with E-state index in [4.69, 9.17) is 9.15 Å². The topological polar surface area (TPSA) is 84.7 Å². The van der Waals surface area contributed by atoms with E-state index in [1.165, 1.54) is 6.39 Å². The Hall–Kier alpha value is -1.89. The fourth-order valence-electron chi connectivity index (χ4n) is 2.86. The molecule has 0 spiro atoms. The molecule has 7 heteroatoms. The van der Waals surface area contributed by atoms with E-state index in [9.17, 15) is 9.59 Å². The quantitative estimate of drug-likeness (QED) is 0.881. The van der Waals surface area contributed by atoms with Crippen molar-refractivity contribution < 1.29 is 18.7 Å². The standard InChI is InChI=1S/C15H23N3O4/c1-11-13(22-10-17-11)14(20)18-8-4-6-15(9-18,21-3)7-5-12(19)16-2/h10H,4-9H2,1-3H3,(H,16,19). The van der Waals surface area contributed by atoms with Crippen LogP contribution >= 0.6 is 0 Å². The number of nitrogens with zero attached hydrogens (tertiary/aromatic N) is 2. The first-order valence-corrected chi connectivity index (χ1v) is 7.46. The van der Waals surface area contributed by atoms with Crippen molar-refractivity contribution in [2.45, 2.75) is 38.2 Å². The smallest absolute Gasteiger partial charge is 0.291 e. The normalized spacial score (nSPS) is 21.7. The van der Waals surface area contributed by atoms with E-state index >= 15 is 0 Å². The number of amides is 2. The molecule has 0 saturated carbocycles. The molecule has 2 heterocycles. The molecule has 2 amide bonds. The zero-order valence-corrected chi connectivity index (χ0v) is 13.3. The number of hydrogen-bond donors (Lipinski definition) is 1. The average Bonchev–Trinajstić information content (AvgIpc) is 2.98. The summed E-state index contributed by atoms with van der Waals surface area (Å²) in [6, 6.07) is 0. The molecule has 1 aliphatic rings. The van der Waals surface area contributed by atoms with Crippen LogP contribution < -0.4 is 5.32 Å². The minimum Gasteiger partial charge on any atom is -0.438 e. The van der Waals surface area contributed by atoms with Gasteiger partial charge in [0.05, 0.1) is 17.8 Å². The first-order chi connectivity index (χ1) is 10.5. The number of hydrogen-bond acceptors (Lipinski definition) is 5. The van der Waals surface area contributed by atoms with Gasteiger partial charge in [-0.05, 0) is 26.2 Å². The van der Waals surface area contributed by atoms with Gasteiger partial charge in [0.1, 0.15) is 0 Å². The van der Waals surface area contributed by atoms with Gasteiger partial charge in [-0.25, -0.2) is 4.98 Å². The molecule has 1 saturated heterocycles. The maximum absolute atomic E-state index is 12.5. The van der Waals surface area contributed by atoms with E-state index < -0.39 is 5.60 Å². The van der Waals surface area contributed by atoms with Crippen LogP contribution in [0.2, 0.25) is 0 Å². The molecule has 0 radical (unpaired) electrons. The highest BCUT2D eigenvalue weighted by Crippen LogP contribution is 2.30. The summed E-state index contributed by atoms with van der Waals surface area (Å²) in [5, 5.41) is 2.61. The summed E-state index contributed by atoms with van der Waals surface area (Å²) < 4.78 is 10.9. The maximum atomic E-state index is 12.5. The molecule has 1 unspecified atom stereocenters. The highest BCUT2D eigenvalue weighted by Gasteiger charge is 2.38. The molecule has 1 aromatic heterocycles. The Morgan fingerprint density at radius 3 is 2.91 bits per heavy atom. The van der Waals surface area contributed by atoms with E-state index in [0.29, 0.717) is 31.6 Å². The fourth-order valence-corrected chi connectivity index (χ4v) is 2.86. The van der Waals surface area contributed by atoms with Gasteiger partial charge in [0.25, 0.3) is 5.91 Å². The average molecular weight is 309 g/mol. The van der Waals surface area contributed by atoms with Crippen molar-refractivity contribution in [2.75, 3.05) is 27.2 Å². The van der Waals surface area contributed by atoms with Crippen molar-refractivity contribution in [1.29, 1.82) is 0 Å². The van der Waals surface area contributed by atoms with E-state index in [2.05, 4.69) is 10.3 Å². The maximum Gasteiger partial charge on any atom is 0.291 e. The van der Waals surface area contributed by atoms with Crippen LogP contribution in [-0.2, 0) is 9.53 Å². The number of aromatic nitrogens is 1. The van der Waals surface area contributed by atoms with Crippen LogP contribution in [0.15, 0.2) is 10.8 Å². The summed E-state index contributed by atoms with van der Waals surface area (Å²) in [6.45, 7) is 2.86. The molecule has 1 aromatic rings. The van der Waals surface area contributed by atoms with E-state index in [0.717, 1.165) is 12.8 Å². The van der Waals surface area contributed by atoms with Gasteiger partial charge < -0.3 is 19.4 Å². The number of carbonyl (C=O) groups is 2. The molecule has 1 fully saturated rings. The summed E-state index contributed by atoms with van der Waals surface area (Å²) in [5.41, 5.74) is 0.109. The number of nitrogens with one attached hydrogen (secondary N) is 1. The molecule has 0 aliphatic carbocycles. The van der Waals surface area contributed by atoms with Gasteiger partial charge in [-0.1, -0.05) is 0 Å².